The normalized spacial score (nSPS) is 17.4. The first-order valence-electron chi connectivity index (χ1n) is 8.04. The van der Waals surface area contributed by atoms with Crippen molar-refractivity contribution in [1.29, 1.82) is 5.26 Å². The van der Waals surface area contributed by atoms with Crippen LogP contribution in [0.3, 0.4) is 0 Å². The molecule has 0 radical (unpaired) electrons. The molecule has 1 N–H and O–H groups in total. The van der Waals surface area contributed by atoms with Crippen molar-refractivity contribution >= 4 is 5.97 Å². The van der Waals surface area contributed by atoms with Crippen LogP contribution in [0.5, 0.6) is 5.75 Å². The van der Waals surface area contributed by atoms with Gasteiger partial charge in [0.15, 0.2) is 0 Å². The number of terminal acetylenes is 1. The average Bonchev–Trinajstić information content (AvgIpc) is 2.94. The van der Waals surface area contributed by atoms with Gasteiger partial charge in [0.1, 0.15) is 17.6 Å². The summed E-state index contributed by atoms with van der Waals surface area (Å²) < 4.78 is 43.8. The maximum absolute atomic E-state index is 12.7. The van der Waals surface area contributed by atoms with Crippen LogP contribution >= 0.6 is 0 Å². The van der Waals surface area contributed by atoms with Crippen molar-refractivity contribution < 1.29 is 27.8 Å². The van der Waals surface area contributed by atoms with E-state index < -0.39 is 17.7 Å². The molecular formula is C20H16F3NO3. The molecule has 0 heterocycles. The molecule has 0 spiro atoms. The van der Waals surface area contributed by atoms with Gasteiger partial charge >= 0.3 is 12.1 Å². The van der Waals surface area contributed by atoms with Crippen LogP contribution in [0.15, 0.2) is 41.2 Å². The molecular weight excluding hydrogens is 359 g/mol. The van der Waals surface area contributed by atoms with Gasteiger partial charge in [-0.05, 0) is 49.6 Å². The summed E-state index contributed by atoms with van der Waals surface area (Å²) in [6, 6.07) is 4.36. The number of nitriles is 1. The Balaban J connectivity index is 2.27. The first kappa shape index (κ1) is 20.1. The third-order valence-corrected chi connectivity index (χ3v) is 4.17. The second kappa shape index (κ2) is 8.01. The lowest BCUT2D eigenvalue weighted by Gasteiger charge is -2.11. The minimum Gasteiger partial charge on any atom is -0.481 e. The number of carbonyl (C=O) groups is 1. The van der Waals surface area contributed by atoms with E-state index in [9.17, 15) is 18.0 Å². The van der Waals surface area contributed by atoms with E-state index >= 15 is 0 Å². The molecule has 0 aromatic heterocycles. The molecule has 7 heteroatoms. The van der Waals surface area contributed by atoms with Gasteiger partial charge in [0.25, 0.3) is 0 Å². The molecule has 0 saturated heterocycles. The van der Waals surface area contributed by atoms with E-state index in [0.29, 0.717) is 24.2 Å². The lowest BCUT2D eigenvalue weighted by atomic mass is 9.97. The number of nitrogens with zero attached hydrogens (tertiary/aromatic N) is 1. The Morgan fingerprint density at radius 1 is 1.48 bits per heavy atom. The number of rotatable bonds is 5. The van der Waals surface area contributed by atoms with E-state index in [4.69, 9.17) is 21.5 Å². The number of hydrogen-bond acceptors (Lipinski definition) is 3. The molecule has 140 valence electrons. The highest BCUT2D eigenvalue weighted by Gasteiger charge is 2.31. The van der Waals surface area contributed by atoms with Gasteiger partial charge in [-0.25, -0.2) is 0 Å². The van der Waals surface area contributed by atoms with Crippen LogP contribution < -0.4 is 4.74 Å². The molecule has 1 aromatic carbocycles. The lowest BCUT2D eigenvalue weighted by Crippen LogP contribution is -2.06. The van der Waals surface area contributed by atoms with E-state index in [1.807, 2.05) is 0 Å². The van der Waals surface area contributed by atoms with Crippen LogP contribution in [0.4, 0.5) is 13.2 Å². The highest BCUT2D eigenvalue weighted by Crippen LogP contribution is 2.36. The van der Waals surface area contributed by atoms with Crippen LogP contribution in [0.1, 0.15) is 37.3 Å². The summed E-state index contributed by atoms with van der Waals surface area (Å²) >= 11 is 0. The summed E-state index contributed by atoms with van der Waals surface area (Å²) in [4.78, 5) is 10.9. The van der Waals surface area contributed by atoms with Gasteiger partial charge in [-0.15, -0.1) is 6.42 Å². The molecule has 0 aliphatic heterocycles. The Bertz CT molecular complexity index is 899. The zero-order valence-corrected chi connectivity index (χ0v) is 14.4. The summed E-state index contributed by atoms with van der Waals surface area (Å²) in [7, 11) is 0. The van der Waals surface area contributed by atoms with E-state index in [2.05, 4.69) is 5.92 Å². The second-order valence-corrected chi connectivity index (χ2v) is 6.09. The van der Waals surface area contributed by atoms with E-state index in [1.54, 1.807) is 19.1 Å². The predicted molar refractivity (Wildman–Crippen MR) is 91.4 cm³/mol. The molecule has 27 heavy (non-hydrogen) atoms. The Morgan fingerprint density at radius 3 is 2.74 bits per heavy atom. The zero-order chi connectivity index (χ0) is 20.2. The lowest BCUT2D eigenvalue weighted by molar-refractivity contribution is -0.138. The number of allylic oxidation sites excluding steroid dienone is 4. The number of carboxylic acid groups (broad SMARTS) is 1. The fraction of sp³-hybridized carbons (Fsp3) is 0.300. The molecule has 1 aliphatic rings. The fourth-order valence-electron chi connectivity index (χ4n) is 2.98. The van der Waals surface area contributed by atoms with Crippen molar-refractivity contribution in [1.82, 2.24) is 0 Å². The number of alkyl halides is 3. The summed E-state index contributed by atoms with van der Waals surface area (Å²) in [5, 5.41) is 18.0. The van der Waals surface area contributed by atoms with Crippen LogP contribution in [0, 0.1) is 29.6 Å². The number of hydrogen-bond donors (Lipinski definition) is 1. The fourth-order valence-corrected chi connectivity index (χ4v) is 2.98. The number of carboxylic acids is 1. The monoisotopic (exact) mass is 375 g/mol. The Kier molecular flexibility index (Phi) is 5.97. The molecule has 4 nitrogen and oxygen atoms in total. The van der Waals surface area contributed by atoms with Crippen molar-refractivity contribution in [3.05, 3.63) is 52.3 Å². The smallest absolute Gasteiger partial charge is 0.416 e. The van der Waals surface area contributed by atoms with Crippen LogP contribution in [-0.4, -0.2) is 11.1 Å². The summed E-state index contributed by atoms with van der Waals surface area (Å²) in [5.41, 5.74) is 0.177. The van der Waals surface area contributed by atoms with Gasteiger partial charge in [-0.1, -0.05) is 5.92 Å². The Morgan fingerprint density at radius 2 is 2.19 bits per heavy atom. The minimum atomic E-state index is -4.55. The molecule has 0 bridgehead atoms. The maximum atomic E-state index is 12.7. The number of halogens is 3. The third-order valence-electron chi connectivity index (χ3n) is 4.17. The first-order valence-corrected chi connectivity index (χ1v) is 8.04. The molecule has 0 fully saturated rings. The van der Waals surface area contributed by atoms with Gasteiger partial charge < -0.3 is 9.84 Å². The van der Waals surface area contributed by atoms with Crippen molar-refractivity contribution in [3.8, 4) is 24.2 Å². The molecule has 0 unspecified atom stereocenters. The highest BCUT2D eigenvalue weighted by atomic mass is 19.4. The van der Waals surface area contributed by atoms with Crippen LogP contribution in [-0.2, 0) is 11.0 Å². The summed E-state index contributed by atoms with van der Waals surface area (Å²) in [6.07, 6.45) is 3.71. The SMILES string of the molecule is C#CC1=C(/C=C(\C)Oc2ccc(C(F)(F)F)cc2C#N)CC[C@H]1CC(=O)O. The molecule has 1 atom stereocenters. The molecule has 1 aromatic rings. The van der Waals surface area contributed by atoms with Crippen molar-refractivity contribution in [3.63, 3.8) is 0 Å². The number of benzene rings is 1. The first-order chi connectivity index (χ1) is 12.7. The summed E-state index contributed by atoms with van der Waals surface area (Å²) in [6.45, 7) is 1.59. The second-order valence-electron chi connectivity index (χ2n) is 6.09. The standard InChI is InChI=1S/C20H16F3NO3/c1-3-17-13(4-5-14(17)10-19(25)26)8-12(2)27-18-7-6-16(20(21,22)23)9-15(18)11-24/h1,6-9,14H,4-5,10H2,2H3,(H,25,26)/b12-8+/t14-/m0/s1. The minimum absolute atomic E-state index is 0.00203. The maximum Gasteiger partial charge on any atom is 0.416 e. The number of ether oxygens (including phenoxy) is 1. The van der Waals surface area contributed by atoms with Gasteiger partial charge in [0.05, 0.1) is 17.5 Å². The Labute approximate surface area is 154 Å². The average molecular weight is 375 g/mol. The number of aliphatic carboxylic acids is 1. The van der Waals surface area contributed by atoms with Crippen LogP contribution in [0.25, 0.3) is 0 Å². The highest BCUT2D eigenvalue weighted by molar-refractivity contribution is 5.68. The topological polar surface area (TPSA) is 70.3 Å². The van der Waals surface area contributed by atoms with E-state index in [1.165, 1.54) is 0 Å². The molecule has 0 amide bonds. The zero-order valence-electron chi connectivity index (χ0n) is 14.4. The van der Waals surface area contributed by atoms with Crippen molar-refractivity contribution in [2.75, 3.05) is 0 Å². The molecule has 0 saturated carbocycles. The van der Waals surface area contributed by atoms with Gasteiger partial charge in [0, 0.05) is 11.5 Å². The quantitative estimate of drug-likeness (QED) is 0.600. The van der Waals surface area contributed by atoms with Gasteiger partial charge in [-0.2, -0.15) is 18.4 Å². The molecule has 1 aliphatic carbocycles. The van der Waals surface area contributed by atoms with Crippen LogP contribution in [0.2, 0.25) is 0 Å². The van der Waals surface area contributed by atoms with E-state index in [0.717, 1.165) is 23.8 Å². The van der Waals surface area contributed by atoms with Crippen molar-refractivity contribution in [2.24, 2.45) is 5.92 Å². The Hall–Kier alpha value is -3.19. The van der Waals surface area contributed by atoms with Gasteiger partial charge in [-0.3, -0.25) is 4.79 Å². The van der Waals surface area contributed by atoms with Crippen molar-refractivity contribution in [2.45, 2.75) is 32.4 Å². The molecule has 2 rings (SSSR count). The largest absolute Gasteiger partial charge is 0.481 e. The van der Waals surface area contributed by atoms with Gasteiger partial charge in [0.2, 0.25) is 0 Å². The third kappa shape index (κ3) is 4.92. The predicted octanol–water partition coefficient (Wildman–Crippen LogP) is 4.67. The van der Waals surface area contributed by atoms with E-state index in [-0.39, 0.29) is 23.7 Å². The summed E-state index contributed by atoms with van der Waals surface area (Å²) in [5.74, 6) is 1.69.